The van der Waals surface area contributed by atoms with Gasteiger partial charge in [0, 0.05) is 18.3 Å². The molecule has 106 valence electrons. The molecule has 1 aliphatic rings. The number of aromatic nitrogens is 1. The summed E-state index contributed by atoms with van der Waals surface area (Å²) in [7, 11) is 0. The molecule has 1 N–H and O–H groups in total. The van der Waals surface area contributed by atoms with Crippen LogP contribution in [0.5, 0.6) is 5.75 Å². The largest absolute Gasteiger partial charge is 0.488 e. The number of hydrogen-bond donors (Lipinski definition) is 1. The van der Waals surface area contributed by atoms with Gasteiger partial charge in [-0.3, -0.25) is 4.98 Å². The Bertz CT molecular complexity index is 384. The van der Waals surface area contributed by atoms with Gasteiger partial charge in [0.25, 0.3) is 0 Å². The van der Waals surface area contributed by atoms with Crippen LogP contribution in [0.2, 0.25) is 0 Å². The lowest BCUT2D eigenvalue weighted by Gasteiger charge is -2.32. The Hall–Kier alpha value is -1.09. The summed E-state index contributed by atoms with van der Waals surface area (Å²) >= 11 is 0. The van der Waals surface area contributed by atoms with Crippen molar-refractivity contribution in [3.8, 4) is 5.75 Å². The number of rotatable bonds is 5. The van der Waals surface area contributed by atoms with E-state index in [9.17, 15) is 0 Å². The minimum Gasteiger partial charge on any atom is -0.488 e. The third-order valence-corrected chi connectivity index (χ3v) is 3.86. The summed E-state index contributed by atoms with van der Waals surface area (Å²) in [6.45, 7) is 8.60. The SMILES string of the molecule is CCNCc1ccncc1OC1CC(C)CC(C)C1. The molecule has 0 aliphatic heterocycles. The second-order valence-corrected chi connectivity index (χ2v) is 5.92. The first-order valence-electron chi connectivity index (χ1n) is 7.49. The van der Waals surface area contributed by atoms with E-state index in [0.29, 0.717) is 6.10 Å². The highest BCUT2D eigenvalue weighted by Gasteiger charge is 2.25. The highest BCUT2D eigenvalue weighted by atomic mass is 16.5. The molecule has 1 aliphatic carbocycles. The van der Waals surface area contributed by atoms with Crippen LogP contribution in [0.4, 0.5) is 0 Å². The second kappa shape index (κ2) is 6.90. The van der Waals surface area contributed by atoms with E-state index in [4.69, 9.17) is 4.74 Å². The molecule has 0 bridgehead atoms. The van der Waals surface area contributed by atoms with Gasteiger partial charge < -0.3 is 10.1 Å². The van der Waals surface area contributed by atoms with E-state index >= 15 is 0 Å². The van der Waals surface area contributed by atoms with Crippen LogP contribution in [0.15, 0.2) is 18.5 Å². The third-order valence-electron chi connectivity index (χ3n) is 3.86. The van der Waals surface area contributed by atoms with Crippen LogP contribution in [0.3, 0.4) is 0 Å². The molecule has 3 heteroatoms. The average Bonchev–Trinajstić information content (AvgIpc) is 2.36. The quantitative estimate of drug-likeness (QED) is 0.883. The fourth-order valence-corrected chi connectivity index (χ4v) is 3.07. The van der Waals surface area contributed by atoms with Gasteiger partial charge in [-0.2, -0.15) is 0 Å². The van der Waals surface area contributed by atoms with Crippen LogP contribution >= 0.6 is 0 Å². The summed E-state index contributed by atoms with van der Waals surface area (Å²) in [5, 5.41) is 3.35. The fraction of sp³-hybridized carbons (Fsp3) is 0.688. The number of ether oxygens (including phenoxy) is 1. The van der Waals surface area contributed by atoms with Gasteiger partial charge in [0.2, 0.25) is 0 Å². The summed E-state index contributed by atoms with van der Waals surface area (Å²) in [5.74, 6) is 2.49. The summed E-state index contributed by atoms with van der Waals surface area (Å²) < 4.78 is 6.22. The highest BCUT2D eigenvalue weighted by Crippen LogP contribution is 2.32. The lowest BCUT2D eigenvalue weighted by atomic mass is 9.82. The van der Waals surface area contributed by atoms with Crippen molar-refractivity contribution in [1.29, 1.82) is 0 Å². The van der Waals surface area contributed by atoms with Crippen LogP contribution < -0.4 is 10.1 Å². The van der Waals surface area contributed by atoms with Crippen molar-refractivity contribution in [3.05, 3.63) is 24.0 Å². The Kier molecular flexibility index (Phi) is 5.20. The minimum absolute atomic E-state index is 0.350. The molecule has 1 aromatic rings. The van der Waals surface area contributed by atoms with Crippen LogP contribution in [-0.2, 0) is 6.54 Å². The zero-order chi connectivity index (χ0) is 13.7. The predicted octanol–water partition coefficient (Wildman–Crippen LogP) is 3.39. The molecule has 0 radical (unpaired) electrons. The number of pyridine rings is 1. The molecule has 1 fully saturated rings. The first kappa shape index (κ1) is 14.3. The lowest BCUT2D eigenvalue weighted by molar-refractivity contribution is 0.0996. The Labute approximate surface area is 116 Å². The maximum Gasteiger partial charge on any atom is 0.142 e. The molecule has 2 atom stereocenters. The number of nitrogens with zero attached hydrogens (tertiary/aromatic N) is 1. The normalized spacial score (nSPS) is 27.2. The average molecular weight is 262 g/mol. The molecule has 1 saturated carbocycles. The van der Waals surface area contributed by atoms with E-state index < -0.39 is 0 Å². The van der Waals surface area contributed by atoms with E-state index in [1.54, 1.807) is 0 Å². The summed E-state index contributed by atoms with van der Waals surface area (Å²) in [5.41, 5.74) is 1.21. The van der Waals surface area contributed by atoms with Gasteiger partial charge in [0.05, 0.1) is 12.3 Å². The fourth-order valence-electron chi connectivity index (χ4n) is 3.07. The van der Waals surface area contributed by atoms with Crippen molar-refractivity contribution in [2.75, 3.05) is 6.54 Å². The standard InChI is InChI=1S/C16H26N2O/c1-4-17-10-14-5-6-18-11-16(14)19-15-8-12(2)7-13(3)9-15/h5-6,11-13,15,17H,4,7-10H2,1-3H3. The monoisotopic (exact) mass is 262 g/mol. The topological polar surface area (TPSA) is 34.2 Å². The van der Waals surface area contributed by atoms with Gasteiger partial charge in [-0.1, -0.05) is 20.8 Å². The molecule has 1 aromatic heterocycles. The molecule has 2 unspecified atom stereocenters. The smallest absolute Gasteiger partial charge is 0.142 e. The van der Waals surface area contributed by atoms with E-state index in [1.807, 2.05) is 18.5 Å². The van der Waals surface area contributed by atoms with Gasteiger partial charge in [-0.05, 0) is 43.7 Å². The summed E-state index contributed by atoms with van der Waals surface area (Å²) in [6, 6.07) is 2.05. The molecule has 0 saturated heterocycles. The van der Waals surface area contributed by atoms with Crippen molar-refractivity contribution in [2.24, 2.45) is 11.8 Å². The Balaban J connectivity index is 2.01. The molecule has 19 heavy (non-hydrogen) atoms. The summed E-state index contributed by atoms with van der Waals surface area (Å²) in [6.07, 6.45) is 7.71. The molecule has 0 aromatic carbocycles. The highest BCUT2D eigenvalue weighted by molar-refractivity contribution is 5.30. The van der Waals surface area contributed by atoms with Crippen molar-refractivity contribution in [1.82, 2.24) is 10.3 Å². The van der Waals surface area contributed by atoms with Crippen molar-refractivity contribution < 1.29 is 4.74 Å². The van der Waals surface area contributed by atoms with Crippen LogP contribution in [0.25, 0.3) is 0 Å². The predicted molar refractivity (Wildman–Crippen MR) is 78.2 cm³/mol. The molecule has 0 amide bonds. The molecule has 1 heterocycles. The third kappa shape index (κ3) is 4.20. The molecule has 3 nitrogen and oxygen atoms in total. The van der Waals surface area contributed by atoms with Crippen LogP contribution in [-0.4, -0.2) is 17.6 Å². The number of hydrogen-bond acceptors (Lipinski definition) is 3. The lowest BCUT2D eigenvalue weighted by Crippen LogP contribution is -2.29. The maximum atomic E-state index is 6.22. The first-order chi connectivity index (χ1) is 9.19. The Morgan fingerprint density at radius 3 is 2.68 bits per heavy atom. The zero-order valence-corrected chi connectivity index (χ0v) is 12.4. The number of nitrogens with one attached hydrogen (secondary N) is 1. The zero-order valence-electron chi connectivity index (χ0n) is 12.4. The van der Waals surface area contributed by atoms with E-state index in [1.165, 1.54) is 24.8 Å². The van der Waals surface area contributed by atoms with Gasteiger partial charge in [-0.15, -0.1) is 0 Å². The van der Waals surface area contributed by atoms with Crippen LogP contribution in [0, 0.1) is 11.8 Å². The van der Waals surface area contributed by atoms with Gasteiger partial charge in [0.15, 0.2) is 0 Å². The van der Waals surface area contributed by atoms with Crippen LogP contribution in [0.1, 0.15) is 45.6 Å². The van der Waals surface area contributed by atoms with Crippen molar-refractivity contribution >= 4 is 0 Å². The molecular formula is C16H26N2O. The summed E-state index contributed by atoms with van der Waals surface area (Å²) in [4.78, 5) is 4.20. The van der Waals surface area contributed by atoms with Crippen molar-refractivity contribution in [3.63, 3.8) is 0 Å². The molecule has 2 rings (SSSR count). The Morgan fingerprint density at radius 1 is 1.26 bits per heavy atom. The van der Waals surface area contributed by atoms with E-state index in [2.05, 4.69) is 31.1 Å². The maximum absolute atomic E-state index is 6.22. The van der Waals surface area contributed by atoms with Gasteiger partial charge in [0.1, 0.15) is 5.75 Å². The van der Waals surface area contributed by atoms with Crippen molar-refractivity contribution in [2.45, 2.75) is 52.7 Å². The molecular weight excluding hydrogens is 236 g/mol. The van der Waals surface area contributed by atoms with E-state index in [-0.39, 0.29) is 0 Å². The van der Waals surface area contributed by atoms with Gasteiger partial charge >= 0.3 is 0 Å². The Morgan fingerprint density at radius 2 is 2.00 bits per heavy atom. The first-order valence-corrected chi connectivity index (χ1v) is 7.49. The molecule has 0 spiro atoms. The van der Waals surface area contributed by atoms with E-state index in [0.717, 1.165) is 30.7 Å². The minimum atomic E-state index is 0.350. The second-order valence-electron chi connectivity index (χ2n) is 5.92. The van der Waals surface area contributed by atoms with Gasteiger partial charge in [-0.25, -0.2) is 0 Å².